The minimum atomic E-state index is -0.976. The molecule has 4 nitrogen and oxygen atoms in total. The molecule has 0 saturated carbocycles. The van der Waals surface area contributed by atoms with Gasteiger partial charge in [0.2, 0.25) is 0 Å². The normalized spacial score (nSPS) is 10.7. The van der Waals surface area contributed by atoms with Gasteiger partial charge in [-0.15, -0.1) is 0 Å². The Balaban J connectivity index is 2.20. The Labute approximate surface area is 136 Å². The fourth-order valence-electron chi connectivity index (χ4n) is 2.27. The van der Waals surface area contributed by atoms with Crippen LogP contribution in [0.15, 0.2) is 48.5 Å². The number of aliphatic carboxylic acids is 1. The molecule has 0 unspecified atom stereocenters. The van der Waals surface area contributed by atoms with Crippen LogP contribution in [0.25, 0.3) is 6.08 Å². The van der Waals surface area contributed by atoms with E-state index in [1.165, 1.54) is 0 Å². The zero-order valence-electron chi connectivity index (χ0n) is 13.3. The second-order valence-corrected chi connectivity index (χ2v) is 4.99. The van der Waals surface area contributed by atoms with Gasteiger partial charge >= 0.3 is 5.97 Å². The minimum Gasteiger partial charge on any atom is -0.496 e. The van der Waals surface area contributed by atoms with Crippen molar-refractivity contribution in [1.29, 1.82) is 0 Å². The standard InChI is InChI=1S/C19H20O4/c1-3-15-6-4-5-7-18(15)23-13-16-12-14(9-11-19(20)21)8-10-17(16)22-2/h4-12H,3,13H2,1-2H3,(H,20,21). The second kappa shape index (κ2) is 8.03. The Kier molecular flexibility index (Phi) is 5.80. The van der Waals surface area contributed by atoms with Gasteiger partial charge in [-0.2, -0.15) is 0 Å². The minimum absolute atomic E-state index is 0.356. The molecule has 23 heavy (non-hydrogen) atoms. The fraction of sp³-hybridized carbons (Fsp3) is 0.211. The molecule has 0 bridgehead atoms. The number of benzene rings is 2. The van der Waals surface area contributed by atoms with Gasteiger partial charge in [0.1, 0.15) is 18.1 Å². The quantitative estimate of drug-likeness (QED) is 0.787. The van der Waals surface area contributed by atoms with Crippen molar-refractivity contribution in [2.45, 2.75) is 20.0 Å². The molecule has 4 heteroatoms. The molecule has 0 amide bonds. The van der Waals surface area contributed by atoms with Gasteiger partial charge in [0, 0.05) is 11.6 Å². The van der Waals surface area contributed by atoms with Crippen LogP contribution in [0.1, 0.15) is 23.6 Å². The maximum absolute atomic E-state index is 10.6. The number of aryl methyl sites for hydroxylation is 1. The van der Waals surface area contributed by atoms with E-state index in [4.69, 9.17) is 14.6 Å². The molecule has 2 rings (SSSR count). The zero-order valence-corrected chi connectivity index (χ0v) is 13.3. The lowest BCUT2D eigenvalue weighted by Crippen LogP contribution is -2.01. The van der Waals surface area contributed by atoms with Crippen molar-refractivity contribution in [3.8, 4) is 11.5 Å². The first-order valence-electron chi connectivity index (χ1n) is 7.42. The number of para-hydroxylation sites is 1. The van der Waals surface area contributed by atoms with E-state index in [1.54, 1.807) is 13.2 Å². The van der Waals surface area contributed by atoms with E-state index in [0.29, 0.717) is 12.4 Å². The van der Waals surface area contributed by atoms with Crippen LogP contribution in [0.4, 0.5) is 0 Å². The van der Waals surface area contributed by atoms with Gasteiger partial charge in [-0.25, -0.2) is 4.79 Å². The Hall–Kier alpha value is -2.75. The second-order valence-electron chi connectivity index (χ2n) is 4.99. The number of ether oxygens (including phenoxy) is 2. The first kappa shape index (κ1) is 16.6. The maximum Gasteiger partial charge on any atom is 0.328 e. The topological polar surface area (TPSA) is 55.8 Å². The van der Waals surface area contributed by atoms with Crippen molar-refractivity contribution in [3.05, 3.63) is 65.2 Å². The monoisotopic (exact) mass is 312 g/mol. The summed E-state index contributed by atoms with van der Waals surface area (Å²) in [7, 11) is 1.60. The van der Waals surface area contributed by atoms with E-state index in [9.17, 15) is 4.79 Å². The van der Waals surface area contributed by atoms with Crippen molar-refractivity contribution in [1.82, 2.24) is 0 Å². The van der Waals surface area contributed by atoms with Crippen LogP contribution in [0.3, 0.4) is 0 Å². The van der Waals surface area contributed by atoms with Gasteiger partial charge < -0.3 is 14.6 Å². The largest absolute Gasteiger partial charge is 0.496 e. The number of hydrogen-bond acceptors (Lipinski definition) is 3. The molecule has 0 atom stereocenters. The van der Waals surface area contributed by atoms with Crippen LogP contribution in [0.2, 0.25) is 0 Å². The van der Waals surface area contributed by atoms with E-state index in [-0.39, 0.29) is 0 Å². The van der Waals surface area contributed by atoms with Crippen LogP contribution >= 0.6 is 0 Å². The SMILES string of the molecule is CCc1ccccc1OCc1cc(C=CC(=O)O)ccc1OC. The first-order chi connectivity index (χ1) is 11.1. The molecule has 0 aromatic heterocycles. The molecule has 2 aromatic rings. The highest BCUT2D eigenvalue weighted by molar-refractivity contribution is 5.85. The lowest BCUT2D eigenvalue weighted by molar-refractivity contribution is -0.131. The molecule has 1 N–H and O–H groups in total. The molecule has 0 heterocycles. The van der Waals surface area contributed by atoms with Crippen molar-refractivity contribution >= 4 is 12.0 Å². The average Bonchev–Trinajstić information content (AvgIpc) is 2.58. The highest BCUT2D eigenvalue weighted by atomic mass is 16.5. The molecule has 0 aliphatic rings. The summed E-state index contributed by atoms with van der Waals surface area (Å²) in [6.07, 6.45) is 3.55. The van der Waals surface area contributed by atoms with Gasteiger partial charge in [-0.05, 0) is 41.8 Å². The molecule has 0 radical (unpaired) electrons. The summed E-state index contributed by atoms with van der Waals surface area (Å²) in [5.74, 6) is 0.588. The molecular weight excluding hydrogens is 292 g/mol. The van der Waals surface area contributed by atoms with Crippen molar-refractivity contribution < 1.29 is 19.4 Å². The molecule has 0 aliphatic carbocycles. The number of rotatable bonds is 7. The van der Waals surface area contributed by atoms with Crippen LogP contribution in [0.5, 0.6) is 11.5 Å². The van der Waals surface area contributed by atoms with E-state index < -0.39 is 5.97 Å². The first-order valence-corrected chi connectivity index (χ1v) is 7.42. The summed E-state index contributed by atoms with van der Waals surface area (Å²) in [5.41, 5.74) is 2.80. The maximum atomic E-state index is 10.6. The van der Waals surface area contributed by atoms with Gasteiger partial charge in [-0.1, -0.05) is 31.2 Å². The molecule has 0 saturated heterocycles. The van der Waals surface area contributed by atoms with Gasteiger partial charge in [-0.3, -0.25) is 0 Å². The predicted molar refractivity (Wildman–Crippen MR) is 89.8 cm³/mol. The van der Waals surface area contributed by atoms with Crippen molar-refractivity contribution in [3.63, 3.8) is 0 Å². The Morgan fingerprint density at radius 2 is 1.91 bits per heavy atom. The van der Waals surface area contributed by atoms with E-state index in [2.05, 4.69) is 6.92 Å². The van der Waals surface area contributed by atoms with Gasteiger partial charge in [0.25, 0.3) is 0 Å². The van der Waals surface area contributed by atoms with Crippen LogP contribution in [0, 0.1) is 0 Å². The molecule has 0 fully saturated rings. The van der Waals surface area contributed by atoms with Crippen molar-refractivity contribution in [2.24, 2.45) is 0 Å². The average molecular weight is 312 g/mol. The molecule has 0 aliphatic heterocycles. The predicted octanol–water partition coefficient (Wildman–Crippen LogP) is 3.93. The Morgan fingerprint density at radius 1 is 1.13 bits per heavy atom. The third-order valence-electron chi connectivity index (χ3n) is 3.46. The number of carbonyl (C=O) groups is 1. The van der Waals surface area contributed by atoms with Gasteiger partial charge in [0.05, 0.1) is 7.11 Å². The smallest absolute Gasteiger partial charge is 0.328 e. The lowest BCUT2D eigenvalue weighted by Gasteiger charge is -2.13. The number of carboxylic acids is 1. The number of methoxy groups -OCH3 is 1. The zero-order chi connectivity index (χ0) is 16.7. The Morgan fingerprint density at radius 3 is 2.61 bits per heavy atom. The third-order valence-corrected chi connectivity index (χ3v) is 3.46. The summed E-state index contributed by atoms with van der Waals surface area (Å²) < 4.78 is 11.3. The summed E-state index contributed by atoms with van der Waals surface area (Å²) in [5, 5.41) is 8.72. The number of carboxylic acid groups (broad SMARTS) is 1. The molecule has 0 spiro atoms. The summed E-state index contributed by atoms with van der Waals surface area (Å²) in [6.45, 7) is 2.44. The molecule has 2 aromatic carbocycles. The lowest BCUT2D eigenvalue weighted by atomic mass is 10.1. The highest BCUT2D eigenvalue weighted by Crippen LogP contribution is 2.24. The highest BCUT2D eigenvalue weighted by Gasteiger charge is 2.07. The van der Waals surface area contributed by atoms with Crippen LogP contribution in [-0.2, 0) is 17.8 Å². The number of hydrogen-bond donors (Lipinski definition) is 1. The molecular formula is C19H20O4. The Bertz CT molecular complexity index is 704. The van der Waals surface area contributed by atoms with Crippen LogP contribution in [-0.4, -0.2) is 18.2 Å². The van der Waals surface area contributed by atoms with E-state index in [0.717, 1.165) is 34.9 Å². The van der Waals surface area contributed by atoms with E-state index >= 15 is 0 Å². The summed E-state index contributed by atoms with van der Waals surface area (Å²) in [6, 6.07) is 13.4. The van der Waals surface area contributed by atoms with Gasteiger partial charge in [0.15, 0.2) is 0 Å². The van der Waals surface area contributed by atoms with E-state index in [1.807, 2.05) is 42.5 Å². The fourth-order valence-corrected chi connectivity index (χ4v) is 2.27. The summed E-state index contributed by atoms with van der Waals surface area (Å²) >= 11 is 0. The van der Waals surface area contributed by atoms with Crippen molar-refractivity contribution in [2.75, 3.05) is 7.11 Å². The summed E-state index contributed by atoms with van der Waals surface area (Å²) in [4.78, 5) is 10.6. The molecule has 120 valence electrons. The van der Waals surface area contributed by atoms with Crippen LogP contribution < -0.4 is 9.47 Å². The third kappa shape index (κ3) is 4.61.